The lowest BCUT2D eigenvalue weighted by atomic mass is 9.89. The van der Waals surface area contributed by atoms with Crippen molar-refractivity contribution in [2.75, 3.05) is 13.1 Å². The van der Waals surface area contributed by atoms with Crippen LogP contribution >= 0.6 is 0 Å². The first-order valence-corrected chi connectivity index (χ1v) is 11.2. The minimum Gasteiger partial charge on any atom is -0.383 e. The van der Waals surface area contributed by atoms with Gasteiger partial charge in [0.05, 0.1) is 18.6 Å². The predicted molar refractivity (Wildman–Crippen MR) is 114 cm³/mol. The molecule has 0 bridgehead atoms. The smallest absolute Gasteiger partial charge is 0.383 e. The number of benzene rings is 1. The topological polar surface area (TPSA) is 108 Å². The minimum atomic E-state index is -5.17. The Kier molecular flexibility index (Phi) is 6.45. The summed E-state index contributed by atoms with van der Waals surface area (Å²) in [5.41, 5.74) is 6.40. The number of aliphatic imine (C=N–C) groups is 1. The van der Waals surface area contributed by atoms with E-state index < -0.39 is 54.8 Å². The maximum Gasteiger partial charge on any atom is 0.473 e. The normalized spacial score (nSPS) is 24.5. The summed E-state index contributed by atoms with van der Waals surface area (Å²) in [6, 6.07) is 2.81. The Bertz CT molecular complexity index is 1070. The number of nitrogens with zero attached hydrogens (tertiary/aromatic N) is 3. The fraction of sp³-hybridized carbons (Fsp3) is 0.545. The van der Waals surface area contributed by atoms with E-state index in [1.807, 2.05) is 0 Å². The van der Waals surface area contributed by atoms with Gasteiger partial charge < -0.3 is 20.9 Å². The van der Waals surface area contributed by atoms with E-state index >= 15 is 0 Å². The van der Waals surface area contributed by atoms with E-state index in [-0.39, 0.29) is 30.3 Å². The minimum absolute atomic E-state index is 0.00000796. The highest BCUT2D eigenvalue weighted by Gasteiger charge is 2.43. The van der Waals surface area contributed by atoms with Gasteiger partial charge in [-0.2, -0.15) is 18.2 Å². The number of fused-ring (bicyclic) bond motifs is 1. The fourth-order valence-corrected chi connectivity index (χ4v) is 4.80. The van der Waals surface area contributed by atoms with Crippen LogP contribution in [-0.4, -0.2) is 70.8 Å². The number of urea groups is 1. The highest BCUT2D eigenvalue weighted by Crippen LogP contribution is 2.33. The van der Waals surface area contributed by atoms with Crippen LogP contribution in [-0.2, 0) is 11.3 Å². The zero-order chi connectivity index (χ0) is 25.5. The van der Waals surface area contributed by atoms with Gasteiger partial charge in [0.1, 0.15) is 5.84 Å². The number of carbonyl (C=O) groups excluding carboxylic acids is 3. The third-order valence-electron chi connectivity index (χ3n) is 6.60. The van der Waals surface area contributed by atoms with Crippen molar-refractivity contribution >= 4 is 23.7 Å². The molecule has 1 saturated heterocycles. The first kappa shape index (κ1) is 24.9. The second-order valence-electron chi connectivity index (χ2n) is 9.04. The Morgan fingerprint density at radius 2 is 1.89 bits per heavy atom. The summed E-state index contributed by atoms with van der Waals surface area (Å²) in [5, 5.41) is 2.81. The zero-order valence-electron chi connectivity index (χ0n) is 18.6. The number of nitrogens with two attached hydrogens (primary N) is 1. The lowest BCUT2D eigenvalue weighted by molar-refractivity contribution is -0.169. The summed E-state index contributed by atoms with van der Waals surface area (Å²) in [5.74, 6) is -6.31. The SMILES string of the molecule is NC(=NC(=O)C(F)(F)F)c1ccc2c(c1)C(=O)N(C1CCCCC1NC(=O)N1CCC(F)(F)C1)C2. The highest BCUT2D eigenvalue weighted by molar-refractivity contribution is 6.07. The number of amidine groups is 1. The molecule has 0 radical (unpaired) electrons. The lowest BCUT2D eigenvalue weighted by Crippen LogP contribution is -2.55. The summed E-state index contributed by atoms with van der Waals surface area (Å²) in [6.07, 6.45) is -2.78. The third-order valence-corrected chi connectivity index (χ3v) is 6.60. The Balaban J connectivity index is 1.49. The molecule has 4 amide bonds. The molecule has 3 N–H and O–H groups in total. The summed E-state index contributed by atoms with van der Waals surface area (Å²) in [6.45, 7) is -0.481. The second-order valence-corrected chi connectivity index (χ2v) is 9.04. The number of amides is 4. The van der Waals surface area contributed by atoms with Crippen LogP contribution in [0, 0.1) is 0 Å². The van der Waals surface area contributed by atoms with Gasteiger partial charge in [-0.05, 0) is 24.5 Å². The molecule has 0 spiro atoms. The number of hydrogen-bond acceptors (Lipinski definition) is 3. The van der Waals surface area contributed by atoms with Gasteiger partial charge in [-0.3, -0.25) is 9.59 Å². The second kappa shape index (κ2) is 9.08. The first-order chi connectivity index (χ1) is 16.4. The Labute approximate surface area is 197 Å². The molecule has 190 valence electrons. The number of alkyl halides is 5. The van der Waals surface area contributed by atoms with Crippen LogP contribution in [0.3, 0.4) is 0 Å². The van der Waals surface area contributed by atoms with Gasteiger partial charge in [-0.15, -0.1) is 0 Å². The van der Waals surface area contributed by atoms with Gasteiger partial charge in [0.25, 0.3) is 11.8 Å². The van der Waals surface area contributed by atoms with Crippen LogP contribution in [0.25, 0.3) is 0 Å². The van der Waals surface area contributed by atoms with E-state index in [1.54, 1.807) is 4.90 Å². The molecule has 1 aliphatic carbocycles. The molecule has 8 nitrogen and oxygen atoms in total. The van der Waals surface area contributed by atoms with Gasteiger partial charge in [-0.25, -0.2) is 13.6 Å². The maximum absolute atomic E-state index is 13.5. The molecule has 2 unspecified atom stereocenters. The van der Waals surface area contributed by atoms with Gasteiger partial charge in [-0.1, -0.05) is 25.0 Å². The van der Waals surface area contributed by atoms with Crippen LogP contribution in [0.1, 0.15) is 53.6 Å². The summed E-state index contributed by atoms with van der Waals surface area (Å²) in [7, 11) is 0. The Morgan fingerprint density at radius 1 is 1.17 bits per heavy atom. The van der Waals surface area contributed by atoms with Gasteiger partial charge in [0, 0.05) is 30.6 Å². The predicted octanol–water partition coefficient (Wildman–Crippen LogP) is 2.80. The Hall–Kier alpha value is -3.25. The molecule has 1 saturated carbocycles. The number of likely N-dealkylation sites (tertiary alicyclic amines) is 1. The standard InChI is InChI=1S/C22H24F5N5O3/c23-21(24)7-8-31(11-21)20(35)29-15-3-1-2-4-16(15)32-10-13-6-5-12(9-14(13)18(32)33)17(28)30-19(34)22(25,26)27/h5-6,9,15-16H,1-4,7-8,10-11H2,(H,29,35)(H2,28,30,34). The molecule has 0 aromatic heterocycles. The van der Waals surface area contributed by atoms with Gasteiger partial charge in [0.2, 0.25) is 0 Å². The lowest BCUT2D eigenvalue weighted by Gasteiger charge is -2.38. The van der Waals surface area contributed by atoms with Crippen molar-refractivity contribution in [1.82, 2.24) is 15.1 Å². The molecule has 2 atom stereocenters. The fourth-order valence-electron chi connectivity index (χ4n) is 4.80. The van der Waals surface area contributed by atoms with Crippen molar-refractivity contribution in [3.8, 4) is 0 Å². The summed E-state index contributed by atoms with van der Waals surface area (Å²) in [4.78, 5) is 42.4. The maximum atomic E-state index is 13.5. The Morgan fingerprint density at radius 3 is 2.54 bits per heavy atom. The van der Waals surface area contributed by atoms with E-state index in [0.717, 1.165) is 17.7 Å². The van der Waals surface area contributed by atoms with Crippen molar-refractivity contribution in [3.05, 3.63) is 34.9 Å². The van der Waals surface area contributed by atoms with Crippen molar-refractivity contribution in [1.29, 1.82) is 0 Å². The molecular weight excluding hydrogens is 477 g/mol. The van der Waals surface area contributed by atoms with Crippen molar-refractivity contribution in [3.63, 3.8) is 0 Å². The molecule has 2 aliphatic heterocycles. The number of nitrogens with one attached hydrogen (secondary N) is 1. The van der Waals surface area contributed by atoms with Crippen LogP contribution in [0.4, 0.5) is 26.7 Å². The van der Waals surface area contributed by atoms with Gasteiger partial charge in [0.15, 0.2) is 0 Å². The highest BCUT2D eigenvalue weighted by atomic mass is 19.4. The molecule has 13 heteroatoms. The summed E-state index contributed by atoms with van der Waals surface area (Å²) >= 11 is 0. The quantitative estimate of drug-likeness (QED) is 0.377. The summed E-state index contributed by atoms with van der Waals surface area (Å²) < 4.78 is 64.5. The average molecular weight is 501 g/mol. The van der Waals surface area contributed by atoms with E-state index in [1.165, 1.54) is 18.2 Å². The molecular formula is C22H24F5N5O3. The molecule has 1 aromatic carbocycles. The first-order valence-electron chi connectivity index (χ1n) is 11.2. The average Bonchev–Trinajstić information content (AvgIpc) is 3.32. The molecule has 3 aliphatic rings. The zero-order valence-corrected chi connectivity index (χ0v) is 18.6. The van der Waals surface area contributed by atoms with E-state index in [0.29, 0.717) is 18.4 Å². The van der Waals surface area contributed by atoms with Crippen molar-refractivity contribution in [2.24, 2.45) is 10.7 Å². The molecule has 35 heavy (non-hydrogen) atoms. The molecule has 2 fully saturated rings. The van der Waals surface area contributed by atoms with Crippen LogP contribution in [0.5, 0.6) is 0 Å². The monoisotopic (exact) mass is 501 g/mol. The molecule has 2 heterocycles. The van der Waals surface area contributed by atoms with E-state index in [2.05, 4.69) is 10.3 Å². The van der Waals surface area contributed by atoms with Crippen molar-refractivity contribution < 1.29 is 36.3 Å². The van der Waals surface area contributed by atoms with Crippen LogP contribution < -0.4 is 11.1 Å². The van der Waals surface area contributed by atoms with Crippen molar-refractivity contribution in [2.45, 2.75) is 62.8 Å². The largest absolute Gasteiger partial charge is 0.473 e. The number of rotatable bonds is 3. The number of carbonyl (C=O) groups is 3. The molecule has 4 rings (SSSR count). The number of hydrogen-bond donors (Lipinski definition) is 2. The van der Waals surface area contributed by atoms with E-state index in [4.69, 9.17) is 5.73 Å². The molecule has 1 aromatic rings. The van der Waals surface area contributed by atoms with E-state index in [9.17, 15) is 36.3 Å². The van der Waals surface area contributed by atoms with Crippen LogP contribution in [0.15, 0.2) is 23.2 Å². The van der Waals surface area contributed by atoms with Crippen LogP contribution in [0.2, 0.25) is 0 Å². The van der Waals surface area contributed by atoms with Gasteiger partial charge >= 0.3 is 18.1 Å². The number of halogens is 5. The third kappa shape index (κ3) is 5.22.